The molecule has 132 valence electrons. The van der Waals surface area contributed by atoms with Crippen molar-refractivity contribution < 1.29 is 28.2 Å². The maximum absolute atomic E-state index is 13.4. The Labute approximate surface area is 156 Å². The summed E-state index contributed by atoms with van der Waals surface area (Å²) in [6.07, 6.45) is -1.87. The molecule has 0 amide bonds. The van der Waals surface area contributed by atoms with Crippen molar-refractivity contribution in [3.05, 3.63) is 53.8 Å². The fourth-order valence-electron chi connectivity index (χ4n) is 2.82. The van der Waals surface area contributed by atoms with Gasteiger partial charge in [0.05, 0.1) is 9.30 Å². The summed E-state index contributed by atoms with van der Waals surface area (Å²) in [5.41, 5.74) is 0.397. The van der Waals surface area contributed by atoms with E-state index in [0.717, 1.165) is 0 Å². The third-order valence-corrected chi connectivity index (χ3v) is 4.06. The Hall–Kier alpha value is -2.27. The van der Waals surface area contributed by atoms with Gasteiger partial charge >= 0.3 is 0 Å². The molecule has 1 N–H and O–H groups in total. The molecule has 2 heterocycles. The molecular weight excluding hydrogens is 321 g/mol. The third-order valence-electron chi connectivity index (χ3n) is 4.06. The van der Waals surface area contributed by atoms with Gasteiger partial charge in [0.25, 0.3) is 0 Å². The first-order chi connectivity index (χ1) is 14.7. The van der Waals surface area contributed by atoms with E-state index in [4.69, 9.17) is 23.8 Å². The largest absolute Gasteiger partial charge is 0.493 e. The minimum atomic E-state index is -2.61. The van der Waals surface area contributed by atoms with Crippen molar-refractivity contribution in [2.24, 2.45) is 5.92 Å². The van der Waals surface area contributed by atoms with Crippen LogP contribution in [0.15, 0.2) is 42.5 Å². The van der Waals surface area contributed by atoms with Crippen molar-refractivity contribution in [1.29, 1.82) is 0 Å². The SMILES string of the molecule is [2H]C1([2H])C[C@@H](c2ccc(F)cc2)[C@H](C([2H])([2H])Oc2ccc3c(c2)OC([2H])(C)O3)C([2H])([2H])N1. The molecular formula is C20H22FNO3. The van der Waals surface area contributed by atoms with E-state index in [2.05, 4.69) is 5.32 Å². The normalized spacial score (nSPS) is 36.6. The zero-order valence-corrected chi connectivity index (χ0v) is 13.5. The Morgan fingerprint density at radius 1 is 1.28 bits per heavy atom. The number of benzene rings is 2. The van der Waals surface area contributed by atoms with Crippen LogP contribution in [0.3, 0.4) is 0 Å². The van der Waals surface area contributed by atoms with E-state index in [1.807, 2.05) is 0 Å². The molecule has 0 aliphatic carbocycles. The molecule has 3 atom stereocenters. The smallest absolute Gasteiger partial charge is 0.238 e. The number of hydrogen-bond acceptors (Lipinski definition) is 4. The van der Waals surface area contributed by atoms with Crippen molar-refractivity contribution in [1.82, 2.24) is 5.32 Å². The second-order valence-corrected chi connectivity index (χ2v) is 5.81. The second-order valence-electron chi connectivity index (χ2n) is 5.81. The first kappa shape index (κ1) is 10.0. The quantitative estimate of drug-likeness (QED) is 0.912. The summed E-state index contributed by atoms with van der Waals surface area (Å²) in [5, 5.41) is 2.24. The average Bonchev–Trinajstić information content (AvgIpc) is 2.92. The van der Waals surface area contributed by atoms with Crippen LogP contribution in [-0.4, -0.2) is 25.8 Å². The number of piperidine rings is 1. The van der Waals surface area contributed by atoms with Crippen LogP contribution in [0.2, 0.25) is 0 Å². The number of halogens is 1. The molecule has 0 radical (unpaired) electrons. The lowest BCUT2D eigenvalue weighted by atomic mass is 9.81. The molecule has 5 heteroatoms. The van der Waals surface area contributed by atoms with Crippen LogP contribution in [0, 0.1) is 11.7 Å². The van der Waals surface area contributed by atoms with Crippen molar-refractivity contribution in [3.63, 3.8) is 0 Å². The number of fused-ring (bicyclic) bond motifs is 1. The molecule has 1 saturated heterocycles. The molecule has 2 aromatic carbocycles. The maximum Gasteiger partial charge on any atom is 0.238 e. The second kappa shape index (κ2) is 6.92. The predicted octanol–water partition coefficient (Wildman–Crippen LogP) is 3.72. The molecule has 0 bridgehead atoms. The summed E-state index contributed by atoms with van der Waals surface area (Å²) in [4.78, 5) is 0. The molecule has 4 nitrogen and oxygen atoms in total. The van der Waals surface area contributed by atoms with Gasteiger partial charge in [0, 0.05) is 30.9 Å². The topological polar surface area (TPSA) is 39.7 Å². The standard InChI is InChI=1S/C20H22FNO3/c1-13-24-19-7-6-17(10-20(19)25-13)23-12-15-11-22-9-8-18(15)14-2-4-16(21)5-3-14/h2-7,10,13,15,18,22H,8-9,11-12H2,1H3/t13?,15-,18-/m0/s1/i9D2,11D2,12D2,13D. The van der Waals surface area contributed by atoms with E-state index in [1.54, 1.807) is 0 Å². The highest BCUT2D eigenvalue weighted by Crippen LogP contribution is 2.38. The number of rotatable bonds is 4. The highest BCUT2D eigenvalue weighted by Gasteiger charge is 2.27. The van der Waals surface area contributed by atoms with Gasteiger partial charge in [-0.2, -0.15) is 0 Å². The first-order valence-electron chi connectivity index (χ1n) is 11.4. The maximum atomic E-state index is 13.4. The zero-order chi connectivity index (χ0) is 23.5. The van der Waals surface area contributed by atoms with Gasteiger partial charge in [-0.15, -0.1) is 0 Å². The van der Waals surface area contributed by atoms with E-state index in [9.17, 15) is 4.39 Å². The van der Waals surface area contributed by atoms with Crippen molar-refractivity contribution in [3.8, 4) is 17.2 Å². The fraction of sp³-hybridized carbons (Fsp3) is 0.400. The van der Waals surface area contributed by atoms with Crippen LogP contribution in [0.25, 0.3) is 0 Å². The van der Waals surface area contributed by atoms with Gasteiger partial charge in [0.15, 0.2) is 11.5 Å². The lowest BCUT2D eigenvalue weighted by Crippen LogP contribution is -2.38. The highest BCUT2D eigenvalue weighted by atomic mass is 19.1. The van der Waals surface area contributed by atoms with Crippen LogP contribution in [0.1, 0.15) is 34.4 Å². The van der Waals surface area contributed by atoms with Gasteiger partial charge in [-0.05, 0) is 48.7 Å². The van der Waals surface area contributed by atoms with E-state index >= 15 is 0 Å². The van der Waals surface area contributed by atoms with Gasteiger partial charge in [0.2, 0.25) is 6.27 Å². The van der Waals surface area contributed by atoms with Gasteiger partial charge in [-0.3, -0.25) is 0 Å². The van der Waals surface area contributed by atoms with E-state index < -0.39 is 43.5 Å². The van der Waals surface area contributed by atoms with Crippen molar-refractivity contribution in [2.75, 3.05) is 19.6 Å². The molecule has 4 rings (SSSR count). The van der Waals surface area contributed by atoms with E-state index in [-0.39, 0.29) is 17.9 Å². The summed E-state index contributed by atoms with van der Waals surface area (Å²) in [5.74, 6) is -2.45. The van der Waals surface area contributed by atoms with Crippen LogP contribution in [0.5, 0.6) is 17.2 Å². The molecule has 0 aromatic heterocycles. The minimum absolute atomic E-state index is 0.0253. The summed E-state index contributed by atoms with van der Waals surface area (Å²) in [6, 6.07) is 9.37. The van der Waals surface area contributed by atoms with Gasteiger partial charge in [-0.1, -0.05) is 12.1 Å². The minimum Gasteiger partial charge on any atom is -0.493 e. The van der Waals surface area contributed by atoms with E-state index in [1.165, 1.54) is 49.4 Å². The fourth-order valence-corrected chi connectivity index (χ4v) is 2.82. The Morgan fingerprint density at radius 2 is 2.08 bits per heavy atom. The molecule has 2 aliphatic heterocycles. The summed E-state index contributed by atoms with van der Waals surface area (Å²) in [6.45, 7) is -5.83. The Kier molecular flexibility index (Phi) is 2.77. The van der Waals surface area contributed by atoms with Crippen molar-refractivity contribution >= 4 is 0 Å². The molecule has 25 heavy (non-hydrogen) atoms. The molecule has 0 spiro atoms. The van der Waals surface area contributed by atoms with Gasteiger partial charge < -0.3 is 19.5 Å². The summed E-state index contributed by atoms with van der Waals surface area (Å²) < 4.78 is 87.6. The van der Waals surface area contributed by atoms with Crippen LogP contribution in [-0.2, 0) is 0 Å². The molecule has 1 unspecified atom stereocenters. The van der Waals surface area contributed by atoms with Crippen molar-refractivity contribution in [2.45, 2.75) is 25.5 Å². The number of ether oxygens (including phenoxy) is 3. The Morgan fingerprint density at radius 3 is 2.92 bits per heavy atom. The molecule has 0 saturated carbocycles. The Balaban J connectivity index is 1.68. The lowest BCUT2D eigenvalue weighted by Gasteiger charge is -2.32. The highest BCUT2D eigenvalue weighted by molar-refractivity contribution is 5.47. The Bertz CT molecular complexity index is 1020. The molecule has 2 aromatic rings. The molecule has 2 aliphatic rings. The van der Waals surface area contributed by atoms with Crippen LogP contribution in [0.4, 0.5) is 4.39 Å². The average molecular weight is 350 g/mol. The first-order valence-corrected chi connectivity index (χ1v) is 7.93. The van der Waals surface area contributed by atoms with Crippen LogP contribution >= 0.6 is 0 Å². The van der Waals surface area contributed by atoms with E-state index in [0.29, 0.717) is 11.3 Å². The van der Waals surface area contributed by atoms with Gasteiger partial charge in [-0.25, -0.2) is 4.39 Å². The predicted molar refractivity (Wildman–Crippen MR) is 92.8 cm³/mol. The monoisotopic (exact) mass is 350 g/mol. The molecule has 1 fully saturated rings. The lowest BCUT2D eigenvalue weighted by molar-refractivity contribution is 0.0678. The summed E-state index contributed by atoms with van der Waals surface area (Å²) in [7, 11) is 0. The third kappa shape index (κ3) is 3.56. The zero-order valence-electron chi connectivity index (χ0n) is 20.5. The number of nitrogens with one attached hydrogen (secondary N) is 1. The van der Waals surface area contributed by atoms with Crippen LogP contribution < -0.4 is 19.5 Å². The number of hydrogen-bond donors (Lipinski definition) is 1. The van der Waals surface area contributed by atoms with Gasteiger partial charge in [0.1, 0.15) is 12.9 Å². The summed E-state index contributed by atoms with van der Waals surface area (Å²) >= 11 is 0.